The van der Waals surface area contributed by atoms with Gasteiger partial charge in [0.05, 0.1) is 5.69 Å². The zero-order valence-electron chi connectivity index (χ0n) is 9.57. The predicted octanol–water partition coefficient (Wildman–Crippen LogP) is 1.34. The molecular weight excluding hydrogens is 188 g/mol. The molecule has 1 fully saturated rings. The first-order chi connectivity index (χ1) is 7.01. The largest absolute Gasteiger partial charge is 0.381 e. The molecule has 1 aliphatic heterocycles. The monoisotopic (exact) mass is 206 g/mol. The molecule has 15 heavy (non-hydrogen) atoms. The highest BCUT2D eigenvalue weighted by atomic mass is 16.3. The van der Waals surface area contributed by atoms with E-state index in [2.05, 4.69) is 29.8 Å². The van der Waals surface area contributed by atoms with Gasteiger partial charge in [-0.05, 0) is 24.6 Å². The second kappa shape index (κ2) is 3.58. The molecule has 1 N–H and O–H groups in total. The van der Waals surface area contributed by atoms with Crippen molar-refractivity contribution in [3.8, 4) is 0 Å². The molecule has 0 atom stereocenters. The number of hydrogen-bond donors (Lipinski definition) is 1. The van der Waals surface area contributed by atoms with Gasteiger partial charge in [0.15, 0.2) is 0 Å². The fraction of sp³-hybridized carbons (Fsp3) is 0.583. The van der Waals surface area contributed by atoms with Crippen LogP contribution in [0.4, 0.5) is 0 Å². The van der Waals surface area contributed by atoms with Crippen LogP contribution in [-0.2, 0) is 5.60 Å². The van der Waals surface area contributed by atoms with Gasteiger partial charge in [-0.2, -0.15) is 0 Å². The van der Waals surface area contributed by atoms with E-state index in [0.717, 1.165) is 5.69 Å². The van der Waals surface area contributed by atoms with Crippen molar-refractivity contribution in [2.45, 2.75) is 25.4 Å². The molecule has 0 spiro atoms. The number of β-amino-alcohol motifs (C(OH)–C–C–N with tert-alkyl or cyclic N) is 1. The lowest BCUT2D eigenvalue weighted by Crippen LogP contribution is -2.57. The molecular formula is C12H18N2O. The maximum atomic E-state index is 10.2. The molecule has 0 aromatic carbocycles. The summed E-state index contributed by atoms with van der Waals surface area (Å²) in [5.74, 6) is 0.491. The van der Waals surface area contributed by atoms with Crippen LogP contribution in [-0.4, -0.2) is 35.1 Å². The van der Waals surface area contributed by atoms with Crippen LogP contribution in [0.2, 0.25) is 0 Å². The molecule has 82 valence electrons. The number of aromatic nitrogens is 1. The van der Waals surface area contributed by atoms with Gasteiger partial charge in [-0.25, -0.2) is 0 Å². The van der Waals surface area contributed by atoms with E-state index in [4.69, 9.17) is 0 Å². The number of rotatable bonds is 2. The highest BCUT2D eigenvalue weighted by molar-refractivity contribution is 5.23. The lowest BCUT2D eigenvalue weighted by Gasteiger charge is -2.43. The minimum absolute atomic E-state index is 0.491. The molecule has 0 aliphatic carbocycles. The topological polar surface area (TPSA) is 36.4 Å². The Labute approximate surface area is 90.8 Å². The van der Waals surface area contributed by atoms with Crippen molar-refractivity contribution in [3.63, 3.8) is 0 Å². The summed E-state index contributed by atoms with van der Waals surface area (Å²) in [6.07, 6.45) is 1.87. The summed E-state index contributed by atoms with van der Waals surface area (Å²) in [4.78, 5) is 6.43. The van der Waals surface area contributed by atoms with Crippen LogP contribution in [0.25, 0.3) is 0 Å². The van der Waals surface area contributed by atoms with Gasteiger partial charge in [0, 0.05) is 19.3 Å². The average Bonchev–Trinajstić information content (AvgIpc) is 2.16. The van der Waals surface area contributed by atoms with Gasteiger partial charge in [-0.1, -0.05) is 19.9 Å². The molecule has 0 saturated carbocycles. The molecule has 2 rings (SSSR count). The molecule has 1 saturated heterocycles. The maximum absolute atomic E-state index is 10.2. The lowest BCUT2D eigenvalue weighted by molar-refractivity contribution is -0.0949. The summed E-state index contributed by atoms with van der Waals surface area (Å²) in [5.41, 5.74) is 1.30. The van der Waals surface area contributed by atoms with Crippen molar-refractivity contribution in [1.29, 1.82) is 0 Å². The van der Waals surface area contributed by atoms with E-state index in [9.17, 15) is 5.11 Å². The Morgan fingerprint density at radius 2 is 2.07 bits per heavy atom. The molecule has 1 aromatic heterocycles. The van der Waals surface area contributed by atoms with E-state index in [1.165, 1.54) is 5.56 Å². The fourth-order valence-corrected chi connectivity index (χ4v) is 2.03. The number of pyridine rings is 1. The van der Waals surface area contributed by atoms with Gasteiger partial charge in [-0.3, -0.25) is 9.88 Å². The minimum Gasteiger partial charge on any atom is -0.381 e. The van der Waals surface area contributed by atoms with E-state index >= 15 is 0 Å². The third-order valence-corrected chi connectivity index (χ3v) is 2.99. The highest BCUT2D eigenvalue weighted by Gasteiger charge is 2.41. The van der Waals surface area contributed by atoms with Gasteiger partial charge in [0.25, 0.3) is 0 Å². The van der Waals surface area contributed by atoms with Gasteiger partial charge in [0.2, 0.25) is 0 Å². The second-order valence-electron chi connectivity index (χ2n) is 4.84. The number of hydrogen-bond acceptors (Lipinski definition) is 3. The Kier molecular flexibility index (Phi) is 2.52. The maximum Gasteiger partial charge on any atom is 0.132 e. The third kappa shape index (κ3) is 1.90. The Balaban J connectivity index is 2.17. The van der Waals surface area contributed by atoms with Crippen LogP contribution in [0.15, 0.2) is 18.3 Å². The van der Waals surface area contributed by atoms with E-state index in [1.807, 2.05) is 19.3 Å². The summed E-state index contributed by atoms with van der Waals surface area (Å²) < 4.78 is 0. The molecule has 0 amide bonds. The second-order valence-corrected chi connectivity index (χ2v) is 4.84. The van der Waals surface area contributed by atoms with Crippen molar-refractivity contribution >= 4 is 0 Å². The molecule has 1 aromatic rings. The van der Waals surface area contributed by atoms with Crippen molar-refractivity contribution in [2.75, 3.05) is 20.1 Å². The summed E-state index contributed by atoms with van der Waals surface area (Å²) in [7, 11) is 2.00. The number of nitrogens with zero attached hydrogens (tertiary/aromatic N) is 2. The summed E-state index contributed by atoms with van der Waals surface area (Å²) in [6.45, 7) is 5.65. The van der Waals surface area contributed by atoms with Crippen molar-refractivity contribution in [1.82, 2.24) is 9.88 Å². The van der Waals surface area contributed by atoms with Crippen LogP contribution in [0, 0.1) is 0 Å². The van der Waals surface area contributed by atoms with Crippen molar-refractivity contribution < 1.29 is 5.11 Å². The van der Waals surface area contributed by atoms with Crippen LogP contribution >= 0.6 is 0 Å². The molecule has 0 unspecified atom stereocenters. The van der Waals surface area contributed by atoms with E-state index in [-0.39, 0.29) is 0 Å². The number of aliphatic hydroxyl groups is 1. The van der Waals surface area contributed by atoms with Gasteiger partial charge in [-0.15, -0.1) is 0 Å². The third-order valence-electron chi connectivity index (χ3n) is 2.99. The molecule has 3 heteroatoms. The highest BCUT2D eigenvalue weighted by Crippen LogP contribution is 2.29. The quantitative estimate of drug-likeness (QED) is 0.793. The number of likely N-dealkylation sites (tertiary alicyclic amines) is 1. The first kappa shape index (κ1) is 10.6. The average molecular weight is 206 g/mol. The van der Waals surface area contributed by atoms with Gasteiger partial charge in [0.1, 0.15) is 5.60 Å². The van der Waals surface area contributed by atoms with Crippen LogP contribution in [0.5, 0.6) is 0 Å². The Bertz CT molecular complexity index is 339. The first-order valence-electron chi connectivity index (χ1n) is 5.38. The smallest absolute Gasteiger partial charge is 0.132 e. The van der Waals surface area contributed by atoms with Gasteiger partial charge >= 0.3 is 0 Å². The normalized spacial score (nSPS) is 20.3. The minimum atomic E-state index is -0.718. The summed E-state index contributed by atoms with van der Waals surface area (Å²) in [6, 6.07) is 4.01. The Morgan fingerprint density at radius 1 is 1.40 bits per heavy atom. The van der Waals surface area contributed by atoms with E-state index in [0.29, 0.717) is 19.0 Å². The van der Waals surface area contributed by atoms with Crippen molar-refractivity contribution in [3.05, 3.63) is 29.6 Å². The molecule has 1 aliphatic rings. The van der Waals surface area contributed by atoms with Crippen molar-refractivity contribution in [2.24, 2.45) is 0 Å². The van der Waals surface area contributed by atoms with Gasteiger partial charge < -0.3 is 5.11 Å². The number of likely N-dealkylation sites (N-methyl/N-ethyl adjacent to an activating group) is 1. The molecule has 0 bridgehead atoms. The van der Waals surface area contributed by atoms with Crippen LogP contribution in [0.3, 0.4) is 0 Å². The Hall–Kier alpha value is -0.930. The lowest BCUT2D eigenvalue weighted by atomic mass is 9.90. The summed E-state index contributed by atoms with van der Waals surface area (Å²) in [5, 5.41) is 10.2. The standard InChI is InChI=1S/C12H18N2O/c1-9(2)10-4-5-11(13-6-10)12(15)7-14(3)8-12/h4-6,9,15H,7-8H2,1-3H3. The molecule has 3 nitrogen and oxygen atoms in total. The Morgan fingerprint density at radius 3 is 2.47 bits per heavy atom. The van der Waals surface area contributed by atoms with E-state index in [1.54, 1.807) is 0 Å². The zero-order valence-corrected chi connectivity index (χ0v) is 9.57. The van der Waals surface area contributed by atoms with Crippen LogP contribution < -0.4 is 0 Å². The molecule has 2 heterocycles. The van der Waals surface area contributed by atoms with Crippen LogP contribution in [0.1, 0.15) is 31.0 Å². The molecule has 0 radical (unpaired) electrons. The van der Waals surface area contributed by atoms with E-state index < -0.39 is 5.60 Å². The fourth-order valence-electron chi connectivity index (χ4n) is 2.03. The predicted molar refractivity (Wildman–Crippen MR) is 59.7 cm³/mol. The summed E-state index contributed by atoms with van der Waals surface area (Å²) >= 11 is 0. The zero-order chi connectivity index (χ0) is 11.1. The SMILES string of the molecule is CC(C)c1ccc(C2(O)CN(C)C2)nc1. The first-order valence-corrected chi connectivity index (χ1v) is 5.38.